The first-order chi connectivity index (χ1) is 12.7. The Morgan fingerprint density at radius 1 is 1.12 bits per heavy atom. The van der Waals surface area contributed by atoms with Gasteiger partial charge in [-0.05, 0) is 62.2 Å². The molecule has 1 heterocycles. The fourth-order valence-corrected chi connectivity index (χ4v) is 3.68. The van der Waals surface area contributed by atoms with Gasteiger partial charge in [0.05, 0.1) is 13.7 Å². The number of aliphatic hydroxyl groups is 1. The van der Waals surface area contributed by atoms with Crippen LogP contribution in [0.2, 0.25) is 0 Å². The van der Waals surface area contributed by atoms with Crippen LogP contribution in [0.25, 0.3) is 0 Å². The van der Waals surface area contributed by atoms with Crippen molar-refractivity contribution in [3.05, 3.63) is 59.7 Å². The van der Waals surface area contributed by atoms with E-state index in [0.29, 0.717) is 12.5 Å². The molecule has 0 unspecified atom stereocenters. The average Bonchev–Trinajstić information content (AvgIpc) is 2.69. The van der Waals surface area contributed by atoms with Gasteiger partial charge in [0.1, 0.15) is 5.75 Å². The van der Waals surface area contributed by atoms with Crippen LogP contribution in [0, 0.1) is 0 Å². The van der Waals surface area contributed by atoms with Gasteiger partial charge in [-0.1, -0.05) is 30.3 Å². The Morgan fingerprint density at radius 2 is 1.85 bits per heavy atom. The number of anilines is 1. The summed E-state index contributed by atoms with van der Waals surface area (Å²) in [6.07, 6.45) is 2.49. The van der Waals surface area contributed by atoms with Crippen LogP contribution in [0.4, 0.5) is 5.69 Å². The van der Waals surface area contributed by atoms with Crippen LogP contribution in [-0.2, 0) is 6.54 Å². The van der Waals surface area contributed by atoms with Crippen molar-refractivity contribution in [1.82, 2.24) is 4.90 Å². The van der Waals surface area contributed by atoms with E-state index in [0.717, 1.165) is 18.0 Å². The van der Waals surface area contributed by atoms with Crippen LogP contribution in [0.5, 0.6) is 5.75 Å². The molecule has 0 spiro atoms. The first-order valence-electron chi connectivity index (χ1n) is 9.47. The molecule has 0 radical (unpaired) electrons. The van der Waals surface area contributed by atoms with Gasteiger partial charge >= 0.3 is 0 Å². The smallest absolute Gasteiger partial charge is 0.120 e. The second kappa shape index (κ2) is 9.06. The van der Waals surface area contributed by atoms with E-state index in [1.807, 2.05) is 18.2 Å². The molecular weight excluding hydrogens is 324 g/mol. The van der Waals surface area contributed by atoms with Crippen LogP contribution in [0.1, 0.15) is 29.9 Å². The van der Waals surface area contributed by atoms with Gasteiger partial charge in [-0.3, -0.25) is 0 Å². The fraction of sp³-hybridized carbons (Fsp3) is 0.455. The molecule has 2 aromatic carbocycles. The maximum Gasteiger partial charge on any atom is 0.120 e. The summed E-state index contributed by atoms with van der Waals surface area (Å²) in [4.78, 5) is 4.60. The Kier molecular flexibility index (Phi) is 6.53. The molecule has 0 saturated carbocycles. The van der Waals surface area contributed by atoms with Crippen molar-refractivity contribution in [1.29, 1.82) is 0 Å². The zero-order valence-electron chi connectivity index (χ0n) is 15.9. The molecule has 3 rings (SSSR count). The Morgan fingerprint density at radius 3 is 2.50 bits per heavy atom. The largest absolute Gasteiger partial charge is 0.497 e. The molecule has 1 aliphatic rings. The van der Waals surface area contributed by atoms with E-state index >= 15 is 0 Å². The molecule has 4 heteroatoms. The summed E-state index contributed by atoms with van der Waals surface area (Å²) in [5.74, 6) is 1.52. The minimum absolute atomic E-state index is 0.130. The molecule has 0 amide bonds. The van der Waals surface area contributed by atoms with Crippen molar-refractivity contribution in [2.24, 2.45) is 0 Å². The van der Waals surface area contributed by atoms with E-state index in [-0.39, 0.29) is 6.61 Å². The molecule has 1 saturated heterocycles. The lowest BCUT2D eigenvalue weighted by Crippen LogP contribution is -2.29. The Bertz CT molecular complexity index is 679. The molecule has 140 valence electrons. The third-order valence-electron chi connectivity index (χ3n) is 5.33. The number of aliphatic hydroxyl groups excluding tert-OH is 1. The first-order valence-corrected chi connectivity index (χ1v) is 9.47. The summed E-state index contributed by atoms with van der Waals surface area (Å²) >= 11 is 0. The molecule has 0 aromatic heterocycles. The Labute approximate surface area is 157 Å². The standard InChI is InChI=1S/C22H30N2O2/c1-23-12-10-20(11-13-23)19-8-6-18(7-9-19)17-24(14-15-25)21-4-3-5-22(16-21)26-2/h3-9,16,20,25H,10-15,17H2,1-2H3. The van der Waals surface area contributed by atoms with Crippen molar-refractivity contribution in [3.63, 3.8) is 0 Å². The quantitative estimate of drug-likeness (QED) is 0.825. The summed E-state index contributed by atoms with van der Waals surface area (Å²) in [5, 5.41) is 9.46. The molecule has 2 aromatic rings. The number of likely N-dealkylation sites (tertiary alicyclic amines) is 1. The van der Waals surface area contributed by atoms with E-state index in [4.69, 9.17) is 4.74 Å². The number of hydrogen-bond donors (Lipinski definition) is 1. The normalized spacial score (nSPS) is 15.8. The number of methoxy groups -OCH3 is 1. The number of rotatable bonds is 7. The van der Waals surface area contributed by atoms with Gasteiger partial charge < -0.3 is 19.6 Å². The lowest BCUT2D eigenvalue weighted by Gasteiger charge is -2.29. The topological polar surface area (TPSA) is 35.9 Å². The molecule has 1 N–H and O–H groups in total. The van der Waals surface area contributed by atoms with E-state index < -0.39 is 0 Å². The molecule has 1 aliphatic heterocycles. The highest BCUT2D eigenvalue weighted by atomic mass is 16.5. The molecule has 4 nitrogen and oxygen atoms in total. The van der Waals surface area contributed by atoms with Gasteiger partial charge in [0.2, 0.25) is 0 Å². The lowest BCUT2D eigenvalue weighted by molar-refractivity contribution is 0.255. The summed E-state index contributed by atoms with van der Waals surface area (Å²) < 4.78 is 5.33. The van der Waals surface area contributed by atoms with E-state index in [1.54, 1.807) is 7.11 Å². The highest BCUT2D eigenvalue weighted by Crippen LogP contribution is 2.28. The number of nitrogens with zero attached hydrogens (tertiary/aromatic N) is 2. The predicted octanol–water partition coefficient (Wildman–Crippen LogP) is 3.50. The number of benzene rings is 2. The van der Waals surface area contributed by atoms with Crippen LogP contribution in [0.3, 0.4) is 0 Å². The highest BCUT2D eigenvalue weighted by Gasteiger charge is 2.18. The van der Waals surface area contributed by atoms with E-state index in [1.165, 1.54) is 37.1 Å². The van der Waals surface area contributed by atoms with Crippen molar-refractivity contribution in [2.45, 2.75) is 25.3 Å². The number of piperidine rings is 1. The van der Waals surface area contributed by atoms with Crippen LogP contribution < -0.4 is 9.64 Å². The maximum atomic E-state index is 9.46. The summed E-state index contributed by atoms with van der Waals surface area (Å²) in [6.45, 7) is 3.88. The fourth-order valence-electron chi connectivity index (χ4n) is 3.68. The third-order valence-corrected chi connectivity index (χ3v) is 5.33. The van der Waals surface area contributed by atoms with Crippen LogP contribution in [0.15, 0.2) is 48.5 Å². The van der Waals surface area contributed by atoms with Gasteiger partial charge in [0, 0.05) is 24.8 Å². The van der Waals surface area contributed by atoms with Gasteiger partial charge in [-0.25, -0.2) is 0 Å². The summed E-state index contributed by atoms with van der Waals surface area (Å²) in [7, 11) is 3.88. The minimum atomic E-state index is 0.130. The second-order valence-corrected chi connectivity index (χ2v) is 7.17. The van der Waals surface area contributed by atoms with Crippen LogP contribution >= 0.6 is 0 Å². The monoisotopic (exact) mass is 354 g/mol. The van der Waals surface area contributed by atoms with E-state index in [9.17, 15) is 5.11 Å². The van der Waals surface area contributed by atoms with Crippen molar-refractivity contribution >= 4 is 5.69 Å². The molecule has 0 atom stereocenters. The SMILES string of the molecule is COc1cccc(N(CCO)Cc2ccc(C3CCN(C)CC3)cc2)c1. The summed E-state index contributed by atoms with van der Waals surface area (Å²) in [6, 6.07) is 17.0. The van der Waals surface area contributed by atoms with Crippen LogP contribution in [-0.4, -0.2) is 50.4 Å². The lowest BCUT2D eigenvalue weighted by atomic mass is 9.89. The summed E-state index contributed by atoms with van der Waals surface area (Å²) in [5.41, 5.74) is 3.78. The maximum absolute atomic E-state index is 9.46. The predicted molar refractivity (Wildman–Crippen MR) is 107 cm³/mol. The third kappa shape index (κ3) is 4.77. The second-order valence-electron chi connectivity index (χ2n) is 7.17. The molecular formula is C22H30N2O2. The van der Waals surface area contributed by atoms with Gasteiger partial charge in [0.15, 0.2) is 0 Å². The van der Waals surface area contributed by atoms with Crippen molar-refractivity contribution in [2.75, 3.05) is 45.3 Å². The number of ether oxygens (including phenoxy) is 1. The van der Waals surface area contributed by atoms with Gasteiger partial charge in [-0.15, -0.1) is 0 Å². The molecule has 26 heavy (non-hydrogen) atoms. The van der Waals surface area contributed by atoms with Crippen molar-refractivity contribution < 1.29 is 9.84 Å². The zero-order chi connectivity index (χ0) is 18.4. The minimum Gasteiger partial charge on any atom is -0.497 e. The van der Waals surface area contributed by atoms with Crippen molar-refractivity contribution in [3.8, 4) is 5.75 Å². The van der Waals surface area contributed by atoms with E-state index in [2.05, 4.69) is 47.2 Å². The zero-order valence-corrected chi connectivity index (χ0v) is 15.9. The van der Waals surface area contributed by atoms with Gasteiger partial charge in [-0.2, -0.15) is 0 Å². The Hall–Kier alpha value is -2.04. The molecule has 0 aliphatic carbocycles. The molecule has 0 bridgehead atoms. The van der Waals surface area contributed by atoms with Gasteiger partial charge in [0.25, 0.3) is 0 Å². The average molecular weight is 354 g/mol. The Balaban J connectivity index is 1.69. The number of hydrogen-bond acceptors (Lipinski definition) is 4. The molecule has 1 fully saturated rings. The highest BCUT2D eigenvalue weighted by molar-refractivity contribution is 5.51. The first kappa shape index (κ1) is 18.7.